The first-order chi connectivity index (χ1) is 17.0. The van der Waals surface area contributed by atoms with Gasteiger partial charge in [0.2, 0.25) is 17.7 Å². The molecule has 1 aromatic heterocycles. The Balaban J connectivity index is 1.66. The zero-order chi connectivity index (χ0) is 26.5. The Kier molecular flexibility index (Phi) is 9.21. The molecule has 0 spiro atoms. The number of hydrogen-bond acceptors (Lipinski definition) is 7. The van der Waals surface area contributed by atoms with Crippen LogP contribution in [-0.2, 0) is 20.9 Å². The molecule has 3 atom stereocenters. The number of aliphatic hydroxyl groups is 1. The van der Waals surface area contributed by atoms with E-state index >= 15 is 0 Å². The molecule has 0 unspecified atom stereocenters. The molecule has 2 heterocycles. The molecule has 3 rings (SSSR count). The lowest BCUT2D eigenvalue weighted by molar-refractivity contribution is -0.144. The summed E-state index contributed by atoms with van der Waals surface area (Å²) in [4.78, 5) is 45.8. The van der Waals surface area contributed by atoms with Gasteiger partial charge >= 0.3 is 0 Å². The van der Waals surface area contributed by atoms with Gasteiger partial charge in [-0.3, -0.25) is 14.4 Å². The number of β-amino-alcohol motifs (C(OH)–C–C–N with tert-alkyl or cyclic N) is 1. The van der Waals surface area contributed by atoms with E-state index in [1.165, 1.54) is 4.90 Å². The van der Waals surface area contributed by atoms with E-state index in [-0.39, 0.29) is 37.1 Å². The molecule has 1 fully saturated rings. The van der Waals surface area contributed by atoms with E-state index in [0.29, 0.717) is 19.5 Å². The second-order valence-corrected chi connectivity index (χ2v) is 11.2. The predicted octanol–water partition coefficient (Wildman–Crippen LogP) is 1.97. The van der Waals surface area contributed by atoms with Crippen molar-refractivity contribution in [2.75, 3.05) is 13.1 Å². The first kappa shape index (κ1) is 27.8. The Morgan fingerprint density at radius 1 is 1.25 bits per heavy atom. The third kappa shape index (κ3) is 6.89. The average Bonchev–Trinajstić information content (AvgIpc) is 3.44. The topological polar surface area (TPSA) is 138 Å². The summed E-state index contributed by atoms with van der Waals surface area (Å²) in [6.07, 6.45) is 0.0960. The fraction of sp³-hybridized carbons (Fsp3) is 0.538. The molecule has 10 heteroatoms. The van der Waals surface area contributed by atoms with Crippen molar-refractivity contribution in [3.8, 4) is 10.4 Å². The molecule has 1 aromatic carbocycles. The highest BCUT2D eigenvalue weighted by Crippen LogP contribution is 2.28. The number of carbonyl (C=O) groups is 3. The van der Waals surface area contributed by atoms with Gasteiger partial charge in [-0.05, 0) is 36.4 Å². The van der Waals surface area contributed by atoms with Crippen molar-refractivity contribution >= 4 is 29.1 Å². The molecular formula is C26H37N5O4S. The van der Waals surface area contributed by atoms with Crippen LogP contribution in [-0.4, -0.2) is 64.0 Å². The molecule has 3 amide bonds. The van der Waals surface area contributed by atoms with Gasteiger partial charge in [0, 0.05) is 25.9 Å². The normalized spacial score (nSPS) is 18.7. The van der Waals surface area contributed by atoms with Crippen LogP contribution in [0.1, 0.15) is 51.3 Å². The van der Waals surface area contributed by atoms with Gasteiger partial charge in [0.05, 0.1) is 22.2 Å². The summed E-state index contributed by atoms with van der Waals surface area (Å²) >= 11 is 1.58. The molecule has 2 aromatic rings. The molecular weight excluding hydrogens is 478 g/mol. The van der Waals surface area contributed by atoms with Gasteiger partial charge in [0.25, 0.3) is 0 Å². The minimum atomic E-state index is -0.828. The highest BCUT2D eigenvalue weighted by Gasteiger charge is 2.44. The number of nitrogens with two attached hydrogens (primary N) is 1. The number of thiazole rings is 1. The third-order valence-corrected chi connectivity index (χ3v) is 7.30. The average molecular weight is 516 g/mol. The summed E-state index contributed by atoms with van der Waals surface area (Å²) in [5.74, 6) is -0.958. The number of rotatable bonds is 9. The largest absolute Gasteiger partial charge is 0.391 e. The van der Waals surface area contributed by atoms with Crippen LogP contribution in [0.3, 0.4) is 0 Å². The highest BCUT2D eigenvalue weighted by atomic mass is 32.1. The summed E-state index contributed by atoms with van der Waals surface area (Å²) in [6, 6.07) is 6.27. The van der Waals surface area contributed by atoms with Gasteiger partial charge in [-0.1, -0.05) is 45.0 Å². The van der Waals surface area contributed by atoms with E-state index in [4.69, 9.17) is 5.73 Å². The molecule has 5 N–H and O–H groups in total. The van der Waals surface area contributed by atoms with Gasteiger partial charge in [-0.15, -0.1) is 11.3 Å². The van der Waals surface area contributed by atoms with Gasteiger partial charge < -0.3 is 26.4 Å². The molecule has 196 valence electrons. The van der Waals surface area contributed by atoms with Crippen LogP contribution >= 0.6 is 11.3 Å². The van der Waals surface area contributed by atoms with Crippen molar-refractivity contribution < 1.29 is 19.5 Å². The minimum Gasteiger partial charge on any atom is -0.391 e. The number of aryl methyl sites for hydroxylation is 1. The monoisotopic (exact) mass is 515 g/mol. The Labute approximate surface area is 216 Å². The zero-order valence-corrected chi connectivity index (χ0v) is 22.2. The molecule has 1 saturated heterocycles. The quantitative estimate of drug-likeness (QED) is 0.403. The number of amides is 3. The van der Waals surface area contributed by atoms with Crippen LogP contribution in [0.4, 0.5) is 0 Å². The fourth-order valence-electron chi connectivity index (χ4n) is 4.28. The fourth-order valence-corrected chi connectivity index (χ4v) is 5.09. The van der Waals surface area contributed by atoms with Crippen molar-refractivity contribution in [1.82, 2.24) is 20.5 Å². The molecule has 0 aliphatic carbocycles. The number of aliphatic hydroxyl groups excluding tert-OH is 1. The molecule has 9 nitrogen and oxygen atoms in total. The maximum Gasteiger partial charge on any atom is 0.246 e. The summed E-state index contributed by atoms with van der Waals surface area (Å²) in [7, 11) is 0. The second kappa shape index (κ2) is 11.9. The van der Waals surface area contributed by atoms with Crippen molar-refractivity contribution in [3.05, 3.63) is 41.0 Å². The number of benzene rings is 1. The van der Waals surface area contributed by atoms with Crippen LogP contribution < -0.4 is 16.4 Å². The Bertz CT molecular complexity index is 1060. The molecule has 1 aliphatic rings. The van der Waals surface area contributed by atoms with E-state index in [2.05, 4.69) is 15.6 Å². The van der Waals surface area contributed by atoms with Crippen molar-refractivity contribution in [1.29, 1.82) is 0 Å². The van der Waals surface area contributed by atoms with E-state index in [1.54, 1.807) is 11.3 Å². The van der Waals surface area contributed by atoms with Crippen molar-refractivity contribution in [2.45, 2.75) is 71.7 Å². The first-order valence-electron chi connectivity index (χ1n) is 12.3. The SMILES string of the molecule is Cc1ncsc1-c1ccc(CNC(=O)[C@@H]2C[C@@H](O)CN2C(=O)[C@@H](NC(=O)CCCN)C(C)(C)C)cc1. The molecule has 0 bridgehead atoms. The maximum absolute atomic E-state index is 13.5. The highest BCUT2D eigenvalue weighted by molar-refractivity contribution is 7.13. The molecule has 0 saturated carbocycles. The Morgan fingerprint density at radius 2 is 1.94 bits per heavy atom. The number of nitrogens with zero attached hydrogens (tertiary/aromatic N) is 2. The number of nitrogens with one attached hydrogen (secondary N) is 2. The Morgan fingerprint density at radius 3 is 2.53 bits per heavy atom. The number of likely N-dealkylation sites (tertiary alicyclic amines) is 1. The lowest BCUT2D eigenvalue weighted by atomic mass is 9.85. The van der Waals surface area contributed by atoms with Crippen LogP contribution in [0, 0.1) is 12.3 Å². The number of hydrogen-bond donors (Lipinski definition) is 4. The van der Waals surface area contributed by atoms with Crippen molar-refractivity contribution in [3.63, 3.8) is 0 Å². The predicted molar refractivity (Wildman–Crippen MR) is 140 cm³/mol. The summed E-state index contributed by atoms with van der Waals surface area (Å²) < 4.78 is 0. The van der Waals surface area contributed by atoms with Crippen molar-refractivity contribution in [2.24, 2.45) is 11.1 Å². The van der Waals surface area contributed by atoms with Crippen LogP contribution in [0.5, 0.6) is 0 Å². The lowest BCUT2D eigenvalue weighted by Crippen LogP contribution is -2.57. The maximum atomic E-state index is 13.5. The van der Waals surface area contributed by atoms with E-state index in [1.807, 2.05) is 57.5 Å². The molecule has 36 heavy (non-hydrogen) atoms. The Hall–Kier alpha value is -2.82. The van der Waals surface area contributed by atoms with E-state index in [9.17, 15) is 19.5 Å². The zero-order valence-electron chi connectivity index (χ0n) is 21.4. The summed E-state index contributed by atoms with van der Waals surface area (Å²) in [5, 5.41) is 16.0. The first-order valence-corrected chi connectivity index (χ1v) is 13.1. The van der Waals surface area contributed by atoms with Gasteiger partial charge in [0.1, 0.15) is 12.1 Å². The van der Waals surface area contributed by atoms with Gasteiger partial charge in [0.15, 0.2) is 0 Å². The summed E-state index contributed by atoms with van der Waals surface area (Å²) in [5.41, 5.74) is 9.71. The molecule has 0 radical (unpaired) electrons. The minimum absolute atomic E-state index is 0.0467. The van der Waals surface area contributed by atoms with Gasteiger partial charge in [-0.2, -0.15) is 0 Å². The molecule has 1 aliphatic heterocycles. The standard InChI is InChI=1S/C26H37N5O4S/c1-16-22(36-15-29-16)18-9-7-17(8-10-18)13-28-24(34)20-12-19(32)14-31(20)25(35)23(26(2,3)4)30-21(33)6-5-11-27/h7-10,15,19-20,23,32H,5-6,11-14,27H2,1-4H3,(H,28,34)(H,30,33)/t19-,20+,23-/m1/s1. The summed E-state index contributed by atoms with van der Waals surface area (Å²) in [6.45, 7) is 8.28. The number of aromatic nitrogens is 1. The van der Waals surface area contributed by atoms with Crippen LogP contribution in [0.2, 0.25) is 0 Å². The van der Waals surface area contributed by atoms with Crippen LogP contribution in [0.15, 0.2) is 29.8 Å². The van der Waals surface area contributed by atoms with Crippen LogP contribution in [0.25, 0.3) is 10.4 Å². The number of carbonyl (C=O) groups excluding carboxylic acids is 3. The lowest BCUT2D eigenvalue weighted by Gasteiger charge is -2.35. The second-order valence-electron chi connectivity index (χ2n) is 10.3. The smallest absolute Gasteiger partial charge is 0.246 e. The van der Waals surface area contributed by atoms with E-state index in [0.717, 1.165) is 21.7 Å². The third-order valence-electron chi connectivity index (χ3n) is 6.32. The van der Waals surface area contributed by atoms with Gasteiger partial charge in [-0.25, -0.2) is 4.98 Å². The van der Waals surface area contributed by atoms with E-state index < -0.39 is 23.6 Å².